The summed E-state index contributed by atoms with van der Waals surface area (Å²) in [6.45, 7) is 5.12. The highest BCUT2D eigenvalue weighted by atomic mass is 35.5. The standard InChI is InChI=1S/C35H31Cl2N3O10S/c1-5-47-27-16-22(10-11-26(27)49-18-29(41)46-4)31-30(34(43)48-6-2)19(3)38-35-39(31)33(42)28(51-35)15-21-13-24(36)32(25(37)14-21)50-17-20-8-7-9-23(12-20)40(44)45/h7-16,31H,5-6,17-18H2,1-4H3/b28-15-/t31-/m1/s1. The van der Waals surface area contributed by atoms with Crippen LogP contribution in [-0.4, -0.2) is 48.4 Å². The van der Waals surface area contributed by atoms with Gasteiger partial charge in [-0.1, -0.05) is 52.7 Å². The zero-order chi connectivity index (χ0) is 36.8. The molecule has 266 valence electrons. The number of nitro benzene ring substituents is 1. The molecule has 4 aromatic rings. The van der Waals surface area contributed by atoms with Crippen molar-refractivity contribution in [2.45, 2.75) is 33.4 Å². The molecular weight excluding hydrogens is 725 g/mol. The number of benzene rings is 3. The summed E-state index contributed by atoms with van der Waals surface area (Å²) in [5.41, 5.74) is 1.55. The molecule has 5 rings (SSSR count). The lowest BCUT2D eigenvalue weighted by molar-refractivity contribution is -0.384. The van der Waals surface area contributed by atoms with Gasteiger partial charge >= 0.3 is 11.9 Å². The Labute approximate surface area is 305 Å². The molecule has 0 N–H and O–H groups in total. The molecule has 1 aliphatic heterocycles. The predicted molar refractivity (Wildman–Crippen MR) is 189 cm³/mol. The number of nitro groups is 1. The molecule has 1 aliphatic rings. The van der Waals surface area contributed by atoms with Crippen LogP contribution in [-0.2, 0) is 25.7 Å². The van der Waals surface area contributed by atoms with Crippen LogP contribution in [0.5, 0.6) is 17.2 Å². The van der Waals surface area contributed by atoms with E-state index in [9.17, 15) is 24.5 Å². The van der Waals surface area contributed by atoms with Crippen LogP contribution < -0.4 is 29.1 Å². The minimum absolute atomic E-state index is 0.0232. The molecule has 0 amide bonds. The van der Waals surface area contributed by atoms with Crippen molar-refractivity contribution in [3.05, 3.63) is 122 Å². The normalized spacial score (nSPS) is 14.0. The van der Waals surface area contributed by atoms with Crippen LogP contribution in [0, 0.1) is 10.1 Å². The molecule has 16 heteroatoms. The van der Waals surface area contributed by atoms with Crippen molar-refractivity contribution in [1.82, 2.24) is 4.57 Å². The summed E-state index contributed by atoms with van der Waals surface area (Å²) in [4.78, 5) is 54.8. The Hall–Kier alpha value is -5.18. The third-order valence-corrected chi connectivity index (χ3v) is 9.04. The Morgan fingerprint density at radius 2 is 1.76 bits per heavy atom. The number of aromatic nitrogens is 1. The Balaban J connectivity index is 1.55. The fraction of sp³-hybridized carbons (Fsp3) is 0.257. The van der Waals surface area contributed by atoms with Crippen LogP contribution in [0.2, 0.25) is 10.0 Å². The largest absolute Gasteiger partial charge is 0.490 e. The number of non-ortho nitro benzene ring substituents is 1. The number of carbonyl (C=O) groups is 2. The number of nitrogens with zero attached hydrogens (tertiary/aromatic N) is 3. The molecule has 0 bridgehead atoms. The minimum Gasteiger partial charge on any atom is -0.490 e. The first-order valence-corrected chi connectivity index (χ1v) is 17.0. The third kappa shape index (κ3) is 8.25. The first-order valence-electron chi connectivity index (χ1n) is 15.5. The van der Waals surface area contributed by atoms with Gasteiger partial charge in [-0.05, 0) is 67.8 Å². The number of allylic oxidation sites excluding steroid dienone is 1. The number of ether oxygens (including phenoxy) is 5. The van der Waals surface area contributed by atoms with Gasteiger partial charge in [-0.3, -0.25) is 19.5 Å². The van der Waals surface area contributed by atoms with Crippen molar-refractivity contribution in [3.8, 4) is 17.2 Å². The Morgan fingerprint density at radius 1 is 1.02 bits per heavy atom. The topological polar surface area (TPSA) is 158 Å². The zero-order valence-corrected chi connectivity index (χ0v) is 30.1. The summed E-state index contributed by atoms with van der Waals surface area (Å²) < 4.78 is 29.0. The van der Waals surface area contributed by atoms with Crippen molar-refractivity contribution >= 4 is 58.2 Å². The van der Waals surface area contributed by atoms with Crippen molar-refractivity contribution in [2.24, 2.45) is 4.99 Å². The fourth-order valence-corrected chi connectivity index (χ4v) is 6.91. The predicted octanol–water partition coefficient (Wildman–Crippen LogP) is 5.54. The molecule has 51 heavy (non-hydrogen) atoms. The van der Waals surface area contributed by atoms with E-state index in [-0.39, 0.29) is 69.5 Å². The molecule has 0 aliphatic carbocycles. The lowest BCUT2D eigenvalue weighted by Gasteiger charge is -2.25. The number of halogens is 2. The van der Waals surface area contributed by atoms with Gasteiger partial charge in [-0.2, -0.15) is 0 Å². The molecular formula is C35H31Cl2N3O10S. The van der Waals surface area contributed by atoms with Crippen LogP contribution in [0.1, 0.15) is 43.5 Å². The quantitative estimate of drug-likeness (QED) is 0.0964. The highest BCUT2D eigenvalue weighted by Crippen LogP contribution is 2.37. The highest BCUT2D eigenvalue weighted by molar-refractivity contribution is 7.07. The number of hydrogen-bond acceptors (Lipinski definition) is 12. The molecule has 0 saturated carbocycles. The molecule has 0 saturated heterocycles. The number of esters is 2. The zero-order valence-electron chi connectivity index (χ0n) is 27.8. The van der Waals surface area contributed by atoms with Gasteiger partial charge in [0.1, 0.15) is 6.61 Å². The molecule has 13 nitrogen and oxygen atoms in total. The monoisotopic (exact) mass is 755 g/mol. The molecule has 2 heterocycles. The van der Waals surface area contributed by atoms with Gasteiger partial charge < -0.3 is 23.7 Å². The fourth-order valence-electron chi connectivity index (χ4n) is 5.25. The van der Waals surface area contributed by atoms with E-state index in [2.05, 4.69) is 9.73 Å². The second-order valence-corrected chi connectivity index (χ2v) is 12.7. The van der Waals surface area contributed by atoms with Gasteiger partial charge in [0.2, 0.25) is 0 Å². The Morgan fingerprint density at radius 3 is 2.43 bits per heavy atom. The number of hydrogen-bond donors (Lipinski definition) is 0. The molecule has 0 fully saturated rings. The second-order valence-electron chi connectivity index (χ2n) is 10.8. The van der Waals surface area contributed by atoms with Gasteiger partial charge in [0.25, 0.3) is 11.2 Å². The smallest absolute Gasteiger partial charge is 0.343 e. The van der Waals surface area contributed by atoms with Crippen LogP contribution in [0.25, 0.3) is 6.08 Å². The van der Waals surface area contributed by atoms with E-state index < -0.39 is 28.5 Å². The average molecular weight is 757 g/mol. The van der Waals surface area contributed by atoms with Crippen molar-refractivity contribution in [3.63, 3.8) is 0 Å². The number of methoxy groups -OCH3 is 1. The molecule has 0 unspecified atom stereocenters. The molecule has 0 radical (unpaired) electrons. The van der Waals surface area contributed by atoms with Gasteiger partial charge in [-0.25, -0.2) is 14.6 Å². The minimum atomic E-state index is -0.951. The van der Waals surface area contributed by atoms with Gasteiger partial charge in [-0.15, -0.1) is 0 Å². The first-order chi connectivity index (χ1) is 24.4. The van der Waals surface area contributed by atoms with Crippen molar-refractivity contribution in [2.75, 3.05) is 26.9 Å². The van der Waals surface area contributed by atoms with E-state index in [1.807, 2.05) is 0 Å². The molecule has 0 spiro atoms. The summed E-state index contributed by atoms with van der Waals surface area (Å²) in [5.74, 6) is -0.496. The lowest BCUT2D eigenvalue weighted by Crippen LogP contribution is -2.40. The second kappa shape index (κ2) is 16.2. The highest BCUT2D eigenvalue weighted by Gasteiger charge is 2.34. The Bertz CT molecular complexity index is 2210. The van der Waals surface area contributed by atoms with Gasteiger partial charge in [0, 0.05) is 12.1 Å². The van der Waals surface area contributed by atoms with E-state index in [1.165, 1.54) is 23.8 Å². The third-order valence-electron chi connectivity index (χ3n) is 7.50. The van der Waals surface area contributed by atoms with Crippen molar-refractivity contribution < 1.29 is 38.2 Å². The van der Waals surface area contributed by atoms with E-state index in [4.69, 9.17) is 42.1 Å². The van der Waals surface area contributed by atoms with Crippen LogP contribution in [0.15, 0.2) is 75.7 Å². The summed E-state index contributed by atoms with van der Waals surface area (Å²) in [6, 6.07) is 13.1. The van der Waals surface area contributed by atoms with E-state index in [1.54, 1.807) is 69.3 Å². The van der Waals surface area contributed by atoms with E-state index >= 15 is 0 Å². The number of fused-ring (bicyclic) bond motifs is 1. The average Bonchev–Trinajstić information content (AvgIpc) is 3.40. The van der Waals surface area contributed by atoms with E-state index in [0.717, 1.165) is 11.3 Å². The maximum absolute atomic E-state index is 14.2. The number of rotatable bonds is 13. The van der Waals surface area contributed by atoms with Crippen LogP contribution in [0.3, 0.4) is 0 Å². The summed E-state index contributed by atoms with van der Waals surface area (Å²) >= 11 is 14.2. The maximum Gasteiger partial charge on any atom is 0.343 e. The van der Waals surface area contributed by atoms with Gasteiger partial charge in [0.05, 0.1) is 57.1 Å². The summed E-state index contributed by atoms with van der Waals surface area (Å²) in [7, 11) is 1.25. The number of thiazole rings is 1. The number of carbonyl (C=O) groups excluding carboxylic acids is 2. The molecule has 1 atom stereocenters. The lowest BCUT2D eigenvalue weighted by atomic mass is 9.95. The van der Waals surface area contributed by atoms with Crippen LogP contribution in [0.4, 0.5) is 5.69 Å². The van der Waals surface area contributed by atoms with Crippen molar-refractivity contribution in [1.29, 1.82) is 0 Å². The van der Waals surface area contributed by atoms with E-state index in [0.29, 0.717) is 27.2 Å². The summed E-state index contributed by atoms with van der Waals surface area (Å²) in [5, 5.41) is 11.4. The molecule has 3 aromatic carbocycles. The first kappa shape index (κ1) is 37.1. The summed E-state index contributed by atoms with van der Waals surface area (Å²) in [6.07, 6.45) is 1.60. The van der Waals surface area contributed by atoms with Crippen LogP contribution >= 0.6 is 34.5 Å². The molecule has 1 aromatic heterocycles. The van der Waals surface area contributed by atoms with Gasteiger partial charge in [0.15, 0.2) is 28.7 Å². The maximum atomic E-state index is 14.2. The Kier molecular flexibility index (Phi) is 11.8. The SMILES string of the molecule is CCOC(=O)C1=C(C)N=c2s/c(=C\c3cc(Cl)c(OCc4cccc([N+](=O)[O-])c4)c(Cl)c3)c(=O)n2[C@@H]1c1ccc(OCC(=O)OC)c(OCC)c1.